The van der Waals surface area contributed by atoms with E-state index in [0.717, 1.165) is 45.3 Å². The van der Waals surface area contributed by atoms with Crippen LogP contribution < -0.4 is 5.73 Å². The van der Waals surface area contributed by atoms with Crippen LogP contribution in [0.15, 0.2) is 0 Å². The van der Waals surface area contributed by atoms with Crippen LogP contribution in [0.2, 0.25) is 0 Å². The summed E-state index contributed by atoms with van der Waals surface area (Å²) in [5.74, 6) is 0.484. The Hall–Kier alpha value is -0.170. The van der Waals surface area contributed by atoms with Gasteiger partial charge in [0.25, 0.3) is 0 Å². The number of rotatable bonds is 5. The Morgan fingerprint density at radius 1 is 1.16 bits per heavy atom. The average Bonchev–Trinajstić information content (AvgIpc) is 2.94. The Morgan fingerprint density at radius 3 is 2.26 bits per heavy atom. The van der Waals surface area contributed by atoms with Gasteiger partial charge < -0.3 is 10.6 Å². The van der Waals surface area contributed by atoms with E-state index in [1.165, 1.54) is 0 Å². The normalized spacial score (nSPS) is 25.8. The van der Waals surface area contributed by atoms with Crippen LogP contribution in [0.1, 0.15) is 32.6 Å². The number of hydrogen-bond donors (Lipinski definition) is 1. The predicted molar refractivity (Wildman–Crippen MR) is 77.4 cm³/mol. The molecule has 0 amide bonds. The van der Waals surface area contributed by atoms with Crippen LogP contribution in [0.3, 0.4) is 0 Å². The Labute approximate surface area is 117 Å². The molecule has 1 heterocycles. The molecule has 1 unspecified atom stereocenters. The second-order valence-electron chi connectivity index (χ2n) is 5.99. The van der Waals surface area contributed by atoms with Gasteiger partial charge in [-0.15, -0.1) is 0 Å². The summed E-state index contributed by atoms with van der Waals surface area (Å²) in [5, 5.41) is -0.109. The van der Waals surface area contributed by atoms with Crippen molar-refractivity contribution in [2.24, 2.45) is 11.7 Å². The quantitative estimate of drug-likeness (QED) is 0.799. The number of hydrogen-bond acceptors (Lipinski definition) is 4. The second kappa shape index (κ2) is 6.52. The van der Waals surface area contributed by atoms with Crippen molar-refractivity contribution in [1.82, 2.24) is 9.21 Å². The molecule has 2 aliphatic rings. The molecule has 1 aliphatic carbocycles. The SMILES string of the molecule is CC(CN)CN1CCN(S(=O)(=O)C2CCCC2)CC1. The summed E-state index contributed by atoms with van der Waals surface area (Å²) in [5.41, 5.74) is 5.64. The molecule has 2 fully saturated rings. The molecule has 1 atom stereocenters. The highest BCUT2D eigenvalue weighted by molar-refractivity contribution is 7.89. The maximum Gasteiger partial charge on any atom is 0.217 e. The number of sulfonamides is 1. The highest BCUT2D eigenvalue weighted by Gasteiger charge is 2.35. The van der Waals surface area contributed by atoms with Gasteiger partial charge in [-0.1, -0.05) is 19.8 Å². The molecule has 0 aromatic heterocycles. The molecular formula is C13H27N3O2S. The fourth-order valence-electron chi connectivity index (χ4n) is 3.08. The van der Waals surface area contributed by atoms with Crippen molar-refractivity contribution in [3.8, 4) is 0 Å². The lowest BCUT2D eigenvalue weighted by atomic mass is 10.1. The van der Waals surface area contributed by atoms with Crippen molar-refractivity contribution in [1.29, 1.82) is 0 Å². The number of nitrogens with zero attached hydrogens (tertiary/aromatic N) is 2. The van der Waals surface area contributed by atoms with Gasteiger partial charge in [-0.3, -0.25) is 0 Å². The minimum absolute atomic E-state index is 0.109. The summed E-state index contributed by atoms with van der Waals surface area (Å²) < 4.78 is 26.6. The summed E-state index contributed by atoms with van der Waals surface area (Å²) >= 11 is 0. The Kier molecular flexibility index (Phi) is 5.22. The first-order chi connectivity index (χ1) is 9.04. The third-order valence-electron chi connectivity index (χ3n) is 4.39. The van der Waals surface area contributed by atoms with Gasteiger partial charge in [-0.25, -0.2) is 8.42 Å². The summed E-state index contributed by atoms with van der Waals surface area (Å²) in [4.78, 5) is 2.33. The van der Waals surface area contributed by atoms with Crippen LogP contribution in [-0.2, 0) is 10.0 Å². The smallest absolute Gasteiger partial charge is 0.217 e. The van der Waals surface area contributed by atoms with Crippen LogP contribution in [0.4, 0.5) is 0 Å². The van der Waals surface area contributed by atoms with Crippen molar-refractivity contribution in [2.45, 2.75) is 37.9 Å². The Morgan fingerprint density at radius 2 is 1.74 bits per heavy atom. The molecule has 1 saturated heterocycles. The second-order valence-corrected chi connectivity index (χ2v) is 8.20. The Balaban J connectivity index is 1.85. The van der Waals surface area contributed by atoms with E-state index in [4.69, 9.17) is 5.73 Å². The predicted octanol–water partition coefficient (Wildman–Crippen LogP) is 0.471. The van der Waals surface area contributed by atoms with E-state index in [2.05, 4.69) is 11.8 Å². The number of nitrogens with two attached hydrogens (primary N) is 1. The maximum absolute atomic E-state index is 12.5. The van der Waals surface area contributed by atoms with Gasteiger partial charge >= 0.3 is 0 Å². The first-order valence-electron chi connectivity index (χ1n) is 7.45. The third kappa shape index (κ3) is 3.68. The lowest BCUT2D eigenvalue weighted by Crippen LogP contribution is -2.51. The molecular weight excluding hydrogens is 262 g/mol. The molecule has 5 nitrogen and oxygen atoms in total. The van der Waals surface area contributed by atoms with Gasteiger partial charge in [-0.05, 0) is 25.3 Å². The first-order valence-corrected chi connectivity index (χ1v) is 8.95. The van der Waals surface area contributed by atoms with Gasteiger partial charge in [0.05, 0.1) is 5.25 Å². The third-order valence-corrected chi connectivity index (χ3v) is 6.79. The zero-order valence-corrected chi connectivity index (χ0v) is 12.7. The van der Waals surface area contributed by atoms with Crippen LogP contribution in [0.5, 0.6) is 0 Å². The van der Waals surface area contributed by atoms with E-state index in [1.54, 1.807) is 4.31 Å². The summed E-state index contributed by atoms with van der Waals surface area (Å²) in [6.07, 6.45) is 3.84. The van der Waals surface area contributed by atoms with Crippen molar-refractivity contribution >= 4 is 10.0 Å². The first kappa shape index (κ1) is 15.2. The highest BCUT2D eigenvalue weighted by atomic mass is 32.2. The largest absolute Gasteiger partial charge is 0.330 e. The minimum atomic E-state index is -3.04. The van der Waals surface area contributed by atoms with Gasteiger partial charge in [0.2, 0.25) is 10.0 Å². The average molecular weight is 289 g/mol. The van der Waals surface area contributed by atoms with Crippen LogP contribution in [0.25, 0.3) is 0 Å². The molecule has 0 aromatic carbocycles. The molecule has 1 aliphatic heterocycles. The van der Waals surface area contributed by atoms with E-state index >= 15 is 0 Å². The molecule has 0 radical (unpaired) electrons. The van der Waals surface area contributed by atoms with Crippen LogP contribution in [0, 0.1) is 5.92 Å². The number of piperazine rings is 1. The van der Waals surface area contributed by atoms with Crippen LogP contribution in [-0.4, -0.2) is 62.1 Å². The zero-order valence-electron chi connectivity index (χ0n) is 11.9. The molecule has 0 bridgehead atoms. The fraction of sp³-hybridized carbons (Fsp3) is 1.00. The van der Waals surface area contributed by atoms with Gasteiger partial charge in [0, 0.05) is 32.7 Å². The van der Waals surface area contributed by atoms with E-state index in [9.17, 15) is 8.42 Å². The standard InChI is InChI=1S/C13H27N3O2S/c1-12(10-14)11-15-6-8-16(9-7-15)19(17,18)13-4-2-3-5-13/h12-13H,2-11,14H2,1H3. The van der Waals surface area contributed by atoms with Crippen LogP contribution >= 0.6 is 0 Å². The molecule has 2 N–H and O–H groups in total. The van der Waals surface area contributed by atoms with E-state index in [1.807, 2.05) is 0 Å². The maximum atomic E-state index is 12.5. The molecule has 19 heavy (non-hydrogen) atoms. The minimum Gasteiger partial charge on any atom is -0.330 e. The van der Waals surface area contributed by atoms with Crippen molar-refractivity contribution in [2.75, 3.05) is 39.3 Å². The van der Waals surface area contributed by atoms with Crippen molar-refractivity contribution < 1.29 is 8.42 Å². The van der Waals surface area contributed by atoms with Gasteiger partial charge in [0.1, 0.15) is 0 Å². The Bertz CT molecular complexity index is 371. The van der Waals surface area contributed by atoms with E-state index in [0.29, 0.717) is 25.6 Å². The monoisotopic (exact) mass is 289 g/mol. The van der Waals surface area contributed by atoms with Crippen molar-refractivity contribution in [3.63, 3.8) is 0 Å². The molecule has 0 aromatic rings. The molecule has 6 heteroatoms. The van der Waals surface area contributed by atoms with Crippen molar-refractivity contribution in [3.05, 3.63) is 0 Å². The topological polar surface area (TPSA) is 66.6 Å². The lowest BCUT2D eigenvalue weighted by molar-refractivity contribution is 0.169. The summed E-state index contributed by atoms with van der Waals surface area (Å²) in [6, 6.07) is 0. The van der Waals surface area contributed by atoms with Gasteiger partial charge in [0.15, 0.2) is 0 Å². The molecule has 1 saturated carbocycles. The summed E-state index contributed by atoms with van der Waals surface area (Å²) in [7, 11) is -3.04. The van der Waals surface area contributed by atoms with E-state index in [-0.39, 0.29) is 5.25 Å². The molecule has 2 rings (SSSR count). The molecule has 0 spiro atoms. The van der Waals surface area contributed by atoms with Gasteiger partial charge in [-0.2, -0.15) is 4.31 Å². The molecule has 112 valence electrons. The highest BCUT2D eigenvalue weighted by Crippen LogP contribution is 2.27. The summed E-state index contributed by atoms with van der Waals surface area (Å²) in [6.45, 7) is 6.80. The zero-order chi connectivity index (χ0) is 13.9. The fourth-order valence-corrected chi connectivity index (χ4v) is 5.10. The lowest BCUT2D eigenvalue weighted by Gasteiger charge is -2.36. The van der Waals surface area contributed by atoms with E-state index < -0.39 is 10.0 Å².